The molecule has 1 aliphatic rings. The van der Waals surface area contributed by atoms with Crippen LogP contribution in [-0.2, 0) is 14.3 Å². The van der Waals surface area contributed by atoms with Crippen molar-refractivity contribution in [2.45, 2.75) is 6.92 Å². The molecule has 0 aromatic heterocycles. The lowest BCUT2D eigenvalue weighted by Gasteiger charge is -2.26. The number of rotatable bonds is 2. The molecule has 1 saturated heterocycles. The molecule has 1 aromatic rings. The van der Waals surface area contributed by atoms with Gasteiger partial charge in [-0.15, -0.1) is 0 Å². The van der Waals surface area contributed by atoms with Gasteiger partial charge in [-0.1, -0.05) is 12.1 Å². The van der Waals surface area contributed by atoms with Crippen LogP contribution in [0.4, 0.5) is 5.69 Å². The summed E-state index contributed by atoms with van der Waals surface area (Å²) in [7, 11) is 0. The standard InChI is InChI=1S/C12H11NO4/c1-8(14)9-4-2-3-5-10(9)13-11(15)6-17-7-12(13)16/h2-5H,6-7H2,1H3. The zero-order valence-electron chi connectivity index (χ0n) is 9.30. The van der Waals surface area contributed by atoms with Gasteiger partial charge in [-0.3, -0.25) is 14.4 Å². The average molecular weight is 233 g/mol. The molecule has 0 spiro atoms. The second-order valence-electron chi connectivity index (χ2n) is 3.69. The first kappa shape index (κ1) is 11.5. The maximum Gasteiger partial charge on any atom is 0.259 e. The third-order valence-electron chi connectivity index (χ3n) is 2.47. The lowest BCUT2D eigenvalue weighted by molar-refractivity contribution is -0.138. The summed E-state index contributed by atoms with van der Waals surface area (Å²) in [6.07, 6.45) is 0. The molecule has 2 rings (SSSR count). The second kappa shape index (κ2) is 4.47. The van der Waals surface area contributed by atoms with Gasteiger partial charge < -0.3 is 4.74 Å². The van der Waals surface area contributed by atoms with Crippen molar-refractivity contribution in [3.05, 3.63) is 29.8 Å². The largest absolute Gasteiger partial charge is 0.362 e. The van der Waals surface area contributed by atoms with Gasteiger partial charge in [-0.25, -0.2) is 4.90 Å². The Bertz CT molecular complexity index is 479. The number of morpholine rings is 1. The van der Waals surface area contributed by atoms with E-state index in [2.05, 4.69) is 0 Å². The van der Waals surface area contributed by atoms with Crippen molar-refractivity contribution >= 4 is 23.3 Å². The second-order valence-corrected chi connectivity index (χ2v) is 3.69. The van der Waals surface area contributed by atoms with Crippen LogP contribution in [0.15, 0.2) is 24.3 Å². The molecule has 1 aliphatic heterocycles. The van der Waals surface area contributed by atoms with Crippen molar-refractivity contribution < 1.29 is 19.1 Å². The van der Waals surface area contributed by atoms with E-state index in [9.17, 15) is 14.4 Å². The van der Waals surface area contributed by atoms with Crippen molar-refractivity contribution in [2.75, 3.05) is 18.1 Å². The first-order valence-electron chi connectivity index (χ1n) is 5.15. The van der Waals surface area contributed by atoms with E-state index in [-0.39, 0.29) is 19.0 Å². The van der Waals surface area contributed by atoms with E-state index in [0.29, 0.717) is 11.3 Å². The van der Waals surface area contributed by atoms with Gasteiger partial charge in [-0.2, -0.15) is 0 Å². The fraction of sp³-hybridized carbons (Fsp3) is 0.250. The number of carbonyl (C=O) groups is 3. The lowest BCUT2D eigenvalue weighted by atomic mass is 10.1. The molecule has 17 heavy (non-hydrogen) atoms. The fourth-order valence-electron chi connectivity index (χ4n) is 1.73. The van der Waals surface area contributed by atoms with E-state index in [1.54, 1.807) is 24.3 Å². The van der Waals surface area contributed by atoms with Gasteiger partial charge >= 0.3 is 0 Å². The molecule has 0 atom stereocenters. The van der Waals surface area contributed by atoms with Crippen molar-refractivity contribution in [3.63, 3.8) is 0 Å². The third kappa shape index (κ3) is 2.09. The number of imide groups is 1. The third-order valence-corrected chi connectivity index (χ3v) is 2.47. The number of nitrogens with zero attached hydrogens (tertiary/aromatic N) is 1. The zero-order valence-corrected chi connectivity index (χ0v) is 9.30. The number of para-hydroxylation sites is 1. The van der Waals surface area contributed by atoms with E-state index in [1.807, 2.05) is 0 Å². The first-order valence-corrected chi connectivity index (χ1v) is 5.15. The number of carbonyl (C=O) groups excluding carboxylic acids is 3. The van der Waals surface area contributed by atoms with E-state index in [4.69, 9.17) is 4.74 Å². The Labute approximate surface area is 98.0 Å². The Kier molecular flexibility index (Phi) is 3.01. The van der Waals surface area contributed by atoms with Gasteiger partial charge in [0, 0.05) is 5.56 Å². The minimum Gasteiger partial charge on any atom is -0.362 e. The maximum atomic E-state index is 11.6. The highest BCUT2D eigenvalue weighted by Gasteiger charge is 2.30. The zero-order chi connectivity index (χ0) is 12.4. The molecule has 5 nitrogen and oxygen atoms in total. The SMILES string of the molecule is CC(=O)c1ccccc1N1C(=O)COCC1=O. The molecule has 88 valence electrons. The quantitative estimate of drug-likeness (QED) is 0.559. The Morgan fingerprint density at radius 2 is 1.76 bits per heavy atom. The molecular formula is C12H11NO4. The van der Waals surface area contributed by atoms with Gasteiger partial charge in [0.2, 0.25) is 0 Å². The van der Waals surface area contributed by atoms with Crippen LogP contribution < -0.4 is 4.90 Å². The van der Waals surface area contributed by atoms with Gasteiger partial charge in [0.05, 0.1) is 5.69 Å². The molecule has 0 saturated carbocycles. The normalized spacial score (nSPS) is 16.2. The van der Waals surface area contributed by atoms with Gasteiger partial charge in [-0.05, 0) is 19.1 Å². The number of Topliss-reactive ketones (excluding diaryl/α,β-unsaturated/α-hetero) is 1. The molecule has 0 unspecified atom stereocenters. The highest BCUT2D eigenvalue weighted by molar-refractivity contribution is 6.19. The van der Waals surface area contributed by atoms with Crippen LogP contribution in [0, 0.1) is 0 Å². The number of hydrogen-bond donors (Lipinski definition) is 0. The van der Waals surface area contributed by atoms with Crippen LogP contribution in [0.2, 0.25) is 0 Å². The lowest BCUT2D eigenvalue weighted by Crippen LogP contribution is -2.46. The summed E-state index contributed by atoms with van der Waals surface area (Å²) in [6, 6.07) is 6.54. The molecule has 1 heterocycles. The van der Waals surface area contributed by atoms with Crippen molar-refractivity contribution in [1.29, 1.82) is 0 Å². The van der Waals surface area contributed by atoms with Gasteiger partial charge in [0.15, 0.2) is 5.78 Å². The Morgan fingerprint density at radius 3 is 2.35 bits per heavy atom. The molecule has 0 bridgehead atoms. The van der Waals surface area contributed by atoms with Crippen molar-refractivity contribution in [2.24, 2.45) is 0 Å². The smallest absolute Gasteiger partial charge is 0.259 e. The average Bonchev–Trinajstić information content (AvgIpc) is 2.29. The molecule has 2 amide bonds. The van der Waals surface area contributed by atoms with E-state index < -0.39 is 11.8 Å². The van der Waals surface area contributed by atoms with Crippen LogP contribution in [0.25, 0.3) is 0 Å². The molecule has 0 aliphatic carbocycles. The van der Waals surface area contributed by atoms with Gasteiger partial charge in [0.1, 0.15) is 13.2 Å². The van der Waals surface area contributed by atoms with Crippen LogP contribution in [0.1, 0.15) is 17.3 Å². The Hall–Kier alpha value is -2.01. The number of amides is 2. The summed E-state index contributed by atoms with van der Waals surface area (Å²) in [5.74, 6) is -1.09. The predicted molar refractivity (Wildman–Crippen MR) is 59.8 cm³/mol. The summed E-state index contributed by atoms with van der Waals surface area (Å²) in [4.78, 5) is 35.8. The molecule has 0 N–H and O–H groups in total. The number of anilines is 1. The van der Waals surface area contributed by atoms with E-state index in [1.165, 1.54) is 6.92 Å². The van der Waals surface area contributed by atoms with E-state index >= 15 is 0 Å². The number of benzene rings is 1. The summed E-state index contributed by atoms with van der Waals surface area (Å²) in [5, 5.41) is 0. The number of hydrogen-bond acceptors (Lipinski definition) is 4. The van der Waals surface area contributed by atoms with E-state index in [0.717, 1.165) is 4.90 Å². The van der Waals surface area contributed by atoms with Crippen LogP contribution in [0.5, 0.6) is 0 Å². The van der Waals surface area contributed by atoms with Crippen LogP contribution in [-0.4, -0.2) is 30.8 Å². The fourth-order valence-corrected chi connectivity index (χ4v) is 1.73. The topological polar surface area (TPSA) is 63.7 Å². The summed E-state index contributed by atoms with van der Waals surface area (Å²) < 4.78 is 4.82. The molecule has 5 heteroatoms. The first-order chi connectivity index (χ1) is 8.11. The van der Waals surface area contributed by atoms with Crippen molar-refractivity contribution in [1.82, 2.24) is 0 Å². The minimum absolute atomic E-state index is 0.141. The monoisotopic (exact) mass is 233 g/mol. The van der Waals surface area contributed by atoms with Gasteiger partial charge in [0.25, 0.3) is 11.8 Å². The Morgan fingerprint density at radius 1 is 1.18 bits per heavy atom. The van der Waals surface area contributed by atoms with Crippen LogP contribution in [0.3, 0.4) is 0 Å². The molecule has 1 fully saturated rings. The molecule has 0 radical (unpaired) electrons. The van der Waals surface area contributed by atoms with Crippen molar-refractivity contribution in [3.8, 4) is 0 Å². The highest BCUT2D eigenvalue weighted by atomic mass is 16.5. The number of ether oxygens (including phenoxy) is 1. The van der Waals surface area contributed by atoms with Crippen LogP contribution >= 0.6 is 0 Å². The minimum atomic E-state index is -0.449. The summed E-state index contributed by atoms with van der Waals surface area (Å²) >= 11 is 0. The molecular weight excluding hydrogens is 222 g/mol. The highest BCUT2D eigenvalue weighted by Crippen LogP contribution is 2.22. The predicted octanol–water partition coefficient (Wildman–Crippen LogP) is 0.779. The number of ketones is 1. The molecule has 1 aromatic carbocycles. The Balaban J connectivity index is 2.48. The summed E-state index contributed by atoms with van der Waals surface area (Å²) in [6.45, 7) is 1.12. The summed E-state index contributed by atoms with van der Waals surface area (Å²) in [5.41, 5.74) is 0.689. The maximum absolute atomic E-state index is 11.6.